The number of nitrogens with one attached hydrogen (secondary N) is 1. The second-order valence-electron chi connectivity index (χ2n) is 4.49. The molecule has 0 spiro atoms. The second-order valence-corrected chi connectivity index (χ2v) is 5.41. The molecule has 0 aliphatic heterocycles. The largest absolute Gasteiger partial charge is 0.376 e. The number of hydrogen-bond acceptors (Lipinski definition) is 2. The van der Waals surface area contributed by atoms with Crippen LogP contribution in [0.5, 0.6) is 0 Å². The number of anilines is 2. The molecule has 1 N–H and O–H groups in total. The number of rotatable bonds is 3. The van der Waals surface area contributed by atoms with Crippen molar-refractivity contribution in [2.24, 2.45) is 0 Å². The molecular weight excluding hydrogens is 323 g/mol. The fourth-order valence-corrected chi connectivity index (χ4v) is 2.19. The summed E-state index contributed by atoms with van der Waals surface area (Å²) in [5.74, 6) is -1.00. The average molecular weight is 337 g/mol. The van der Waals surface area contributed by atoms with Crippen LogP contribution in [0.1, 0.15) is 10.4 Å². The Kier molecular flexibility index (Phi) is 4.39. The van der Waals surface area contributed by atoms with Crippen LogP contribution in [0.15, 0.2) is 46.9 Å². The summed E-state index contributed by atoms with van der Waals surface area (Å²) < 4.78 is 14.4. The Morgan fingerprint density at radius 1 is 1.20 bits per heavy atom. The van der Waals surface area contributed by atoms with Crippen molar-refractivity contribution in [1.82, 2.24) is 0 Å². The molecule has 0 aromatic heterocycles. The predicted molar refractivity (Wildman–Crippen MR) is 82.8 cm³/mol. The van der Waals surface area contributed by atoms with E-state index in [9.17, 15) is 9.18 Å². The highest BCUT2D eigenvalue weighted by atomic mass is 79.9. The lowest BCUT2D eigenvalue weighted by Crippen LogP contribution is -2.17. The first-order chi connectivity index (χ1) is 9.49. The van der Waals surface area contributed by atoms with Gasteiger partial charge < -0.3 is 10.2 Å². The van der Waals surface area contributed by atoms with Gasteiger partial charge in [0.25, 0.3) is 5.91 Å². The zero-order chi connectivity index (χ0) is 14.7. The van der Waals surface area contributed by atoms with E-state index < -0.39 is 11.7 Å². The van der Waals surface area contributed by atoms with Crippen LogP contribution in [0.4, 0.5) is 15.8 Å². The molecule has 2 rings (SSSR count). The summed E-state index contributed by atoms with van der Waals surface area (Å²) in [7, 11) is 3.75. The van der Waals surface area contributed by atoms with Gasteiger partial charge in [-0.1, -0.05) is 28.1 Å². The van der Waals surface area contributed by atoms with Crippen molar-refractivity contribution in [3.63, 3.8) is 0 Å². The van der Waals surface area contributed by atoms with Crippen molar-refractivity contribution in [1.29, 1.82) is 0 Å². The summed E-state index contributed by atoms with van der Waals surface area (Å²) in [6.45, 7) is 0. The van der Waals surface area contributed by atoms with E-state index in [0.717, 1.165) is 10.2 Å². The molecule has 0 bridgehead atoms. The lowest BCUT2D eigenvalue weighted by atomic mass is 10.2. The number of halogens is 2. The molecule has 20 heavy (non-hydrogen) atoms. The molecule has 0 saturated carbocycles. The van der Waals surface area contributed by atoms with Crippen LogP contribution in [-0.4, -0.2) is 20.0 Å². The van der Waals surface area contributed by atoms with Crippen LogP contribution in [0.3, 0.4) is 0 Å². The molecule has 3 nitrogen and oxygen atoms in total. The number of amides is 1. The molecule has 5 heteroatoms. The molecule has 2 aromatic carbocycles. The molecule has 104 valence electrons. The Morgan fingerprint density at radius 3 is 2.55 bits per heavy atom. The van der Waals surface area contributed by atoms with E-state index in [1.807, 2.05) is 31.1 Å². The highest BCUT2D eigenvalue weighted by Crippen LogP contribution is 2.28. The number of hydrogen-bond donors (Lipinski definition) is 1. The minimum atomic E-state index is -0.536. The summed E-state index contributed by atoms with van der Waals surface area (Å²) in [6, 6.07) is 11.5. The quantitative estimate of drug-likeness (QED) is 0.921. The molecule has 0 unspecified atom stereocenters. The van der Waals surface area contributed by atoms with E-state index in [-0.39, 0.29) is 5.56 Å². The average Bonchev–Trinajstić information content (AvgIpc) is 2.38. The molecule has 0 heterocycles. The van der Waals surface area contributed by atoms with E-state index in [4.69, 9.17) is 0 Å². The van der Waals surface area contributed by atoms with Gasteiger partial charge >= 0.3 is 0 Å². The normalized spacial score (nSPS) is 10.2. The maximum atomic E-state index is 13.6. The molecule has 0 saturated heterocycles. The first kappa shape index (κ1) is 14.5. The molecule has 0 fully saturated rings. The second kappa shape index (κ2) is 6.05. The predicted octanol–water partition coefficient (Wildman–Crippen LogP) is 3.91. The van der Waals surface area contributed by atoms with Crippen LogP contribution in [-0.2, 0) is 0 Å². The lowest BCUT2D eigenvalue weighted by molar-refractivity contribution is 0.102. The van der Waals surface area contributed by atoms with Gasteiger partial charge in [0.1, 0.15) is 5.82 Å². The van der Waals surface area contributed by atoms with Gasteiger partial charge in [-0.3, -0.25) is 4.79 Å². The summed E-state index contributed by atoms with van der Waals surface area (Å²) in [6.07, 6.45) is 0. The number of nitrogens with zero attached hydrogens (tertiary/aromatic N) is 1. The Balaban J connectivity index is 2.33. The Bertz CT molecular complexity index is 644. The summed E-state index contributed by atoms with van der Waals surface area (Å²) >= 11 is 3.36. The molecular formula is C15H14BrFN2O. The van der Waals surface area contributed by atoms with E-state index in [1.54, 1.807) is 18.2 Å². The smallest absolute Gasteiger partial charge is 0.258 e. The van der Waals surface area contributed by atoms with E-state index >= 15 is 0 Å². The number of carbonyl (C=O) groups excluding carboxylic acids is 1. The topological polar surface area (TPSA) is 32.3 Å². The first-order valence-electron chi connectivity index (χ1n) is 6.02. The SMILES string of the molecule is CN(C)c1ccc(Br)cc1NC(=O)c1ccccc1F. The molecule has 0 aliphatic carbocycles. The monoisotopic (exact) mass is 336 g/mol. The van der Waals surface area contributed by atoms with Gasteiger partial charge in [-0.05, 0) is 30.3 Å². The van der Waals surface area contributed by atoms with Crippen molar-refractivity contribution in [3.05, 3.63) is 58.3 Å². The minimum absolute atomic E-state index is 0.0252. The summed E-state index contributed by atoms with van der Waals surface area (Å²) in [4.78, 5) is 14.0. The van der Waals surface area contributed by atoms with Gasteiger partial charge in [-0.15, -0.1) is 0 Å². The third-order valence-electron chi connectivity index (χ3n) is 2.81. The molecule has 1 amide bonds. The van der Waals surface area contributed by atoms with Crippen molar-refractivity contribution in [2.75, 3.05) is 24.3 Å². The molecule has 0 atom stereocenters. The van der Waals surface area contributed by atoms with Gasteiger partial charge in [-0.25, -0.2) is 4.39 Å². The number of carbonyl (C=O) groups is 1. The Hall–Kier alpha value is -1.88. The maximum absolute atomic E-state index is 13.6. The zero-order valence-electron chi connectivity index (χ0n) is 11.2. The van der Waals surface area contributed by atoms with E-state index in [1.165, 1.54) is 12.1 Å². The van der Waals surface area contributed by atoms with E-state index in [0.29, 0.717) is 5.69 Å². The fourth-order valence-electron chi connectivity index (χ4n) is 1.83. The standard InChI is InChI=1S/C15H14BrFN2O/c1-19(2)14-8-7-10(16)9-13(14)18-15(20)11-5-3-4-6-12(11)17/h3-9H,1-2H3,(H,18,20). The van der Waals surface area contributed by atoms with Crippen LogP contribution < -0.4 is 10.2 Å². The van der Waals surface area contributed by atoms with Gasteiger partial charge in [-0.2, -0.15) is 0 Å². The lowest BCUT2D eigenvalue weighted by Gasteiger charge is -2.18. The minimum Gasteiger partial charge on any atom is -0.376 e. The Labute approximate surface area is 125 Å². The molecule has 0 aliphatic rings. The van der Waals surface area contributed by atoms with E-state index in [2.05, 4.69) is 21.2 Å². The van der Waals surface area contributed by atoms with Crippen LogP contribution >= 0.6 is 15.9 Å². The van der Waals surface area contributed by atoms with Crippen molar-refractivity contribution in [3.8, 4) is 0 Å². The van der Waals surface area contributed by atoms with Crippen molar-refractivity contribution in [2.45, 2.75) is 0 Å². The molecule has 0 radical (unpaired) electrons. The summed E-state index contributed by atoms with van der Waals surface area (Å²) in [5, 5.41) is 2.74. The Morgan fingerprint density at radius 2 is 1.90 bits per heavy atom. The third-order valence-corrected chi connectivity index (χ3v) is 3.30. The zero-order valence-corrected chi connectivity index (χ0v) is 12.7. The van der Waals surface area contributed by atoms with Gasteiger partial charge in [0, 0.05) is 18.6 Å². The van der Waals surface area contributed by atoms with Crippen molar-refractivity contribution >= 4 is 33.2 Å². The highest BCUT2D eigenvalue weighted by molar-refractivity contribution is 9.10. The summed E-state index contributed by atoms with van der Waals surface area (Å²) in [5.41, 5.74) is 1.49. The maximum Gasteiger partial charge on any atom is 0.258 e. The van der Waals surface area contributed by atoms with Gasteiger partial charge in [0.05, 0.1) is 16.9 Å². The van der Waals surface area contributed by atoms with Gasteiger partial charge in [0.2, 0.25) is 0 Å². The van der Waals surface area contributed by atoms with Crippen molar-refractivity contribution < 1.29 is 9.18 Å². The first-order valence-corrected chi connectivity index (χ1v) is 6.81. The number of benzene rings is 2. The fraction of sp³-hybridized carbons (Fsp3) is 0.133. The highest BCUT2D eigenvalue weighted by Gasteiger charge is 2.13. The molecule has 2 aromatic rings. The van der Waals surface area contributed by atoms with Crippen LogP contribution in [0.2, 0.25) is 0 Å². The van der Waals surface area contributed by atoms with Crippen LogP contribution in [0.25, 0.3) is 0 Å². The third kappa shape index (κ3) is 3.17. The van der Waals surface area contributed by atoms with Gasteiger partial charge in [0.15, 0.2) is 0 Å². The van der Waals surface area contributed by atoms with Crippen LogP contribution in [0, 0.1) is 5.82 Å².